The quantitative estimate of drug-likeness (QED) is 0.736. The van der Waals surface area contributed by atoms with Crippen LogP contribution in [0.1, 0.15) is 28.9 Å². The van der Waals surface area contributed by atoms with Gasteiger partial charge in [-0.1, -0.05) is 0 Å². The fourth-order valence-corrected chi connectivity index (χ4v) is 2.62. The second-order valence-corrected chi connectivity index (χ2v) is 5.26. The molecule has 0 spiro atoms. The largest absolute Gasteiger partial charge is 0.396 e. The van der Waals surface area contributed by atoms with Crippen molar-refractivity contribution in [3.63, 3.8) is 0 Å². The third kappa shape index (κ3) is 3.81. The molecule has 1 aliphatic heterocycles. The standard InChI is InChI=1S/C14H23N3O2/c1-11-13(4-5-15-11)14(19)16-6-8-17-7-2-3-12(9-17)10-18/h4-5,12,15,18H,2-3,6-10H2,1H3,(H,16,19)/t12-/m1/s1. The molecule has 0 saturated carbocycles. The lowest BCUT2D eigenvalue weighted by molar-refractivity contribution is 0.0930. The second kappa shape index (κ2) is 6.73. The van der Waals surface area contributed by atoms with E-state index >= 15 is 0 Å². The molecule has 2 heterocycles. The Kier molecular flexibility index (Phi) is 4.99. The summed E-state index contributed by atoms with van der Waals surface area (Å²) in [5.41, 5.74) is 1.61. The predicted molar refractivity (Wildman–Crippen MR) is 74.1 cm³/mol. The van der Waals surface area contributed by atoms with Gasteiger partial charge in [0.1, 0.15) is 0 Å². The Morgan fingerprint density at radius 2 is 2.47 bits per heavy atom. The Morgan fingerprint density at radius 3 is 3.16 bits per heavy atom. The van der Waals surface area contributed by atoms with E-state index in [1.807, 2.05) is 6.92 Å². The number of amides is 1. The number of nitrogens with zero attached hydrogens (tertiary/aromatic N) is 1. The zero-order chi connectivity index (χ0) is 13.7. The highest BCUT2D eigenvalue weighted by Gasteiger charge is 2.18. The minimum absolute atomic E-state index is 0.0190. The smallest absolute Gasteiger partial charge is 0.253 e. The molecule has 106 valence electrons. The van der Waals surface area contributed by atoms with Crippen LogP contribution in [0.25, 0.3) is 0 Å². The number of rotatable bonds is 5. The number of aryl methyl sites for hydroxylation is 1. The van der Waals surface area contributed by atoms with Crippen LogP contribution < -0.4 is 5.32 Å². The lowest BCUT2D eigenvalue weighted by Gasteiger charge is -2.31. The van der Waals surface area contributed by atoms with Gasteiger partial charge < -0.3 is 20.3 Å². The number of aliphatic hydroxyl groups excluding tert-OH is 1. The van der Waals surface area contributed by atoms with Crippen molar-refractivity contribution in [2.45, 2.75) is 19.8 Å². The number of likely N-dealkylation sites (tertiary alicyclic amines) is 1. The van der Waals surface area contributed by atoms with Gasteiger partial charge in [-0.2, -0.15) is 0 Å². The Bertz CT molecular complexity index is 417. The molecule has 1 aliphatic rings. The molecule has 2 rings (SSSR count). The molecular formula is C14H23N3O2. The van der Waals surface area contributed by atoms with Crippen LogP contribution in [0.5, 0.6) is 0 Å². The van der Waals surface area contributed by atoms with E-state index in [-0.39, 0.29) is 12.5 Å². The minimum atomic E-state index is -0.0190. The van der Waals surface area contributed by atoms with Crippen LogP contribution in [0.4, 0.5) is 0 Å². The number of carbonyl (C=O) groups excluding carboxylic acids is 1. The fourth-order valence-electron chi connectivity index (χ4n) is 2.62. The van der Waals surface area contributed by atoms with Crippen LogP contribution in [-0.4, -0.2) is 53.7 Å². The number of hydrogen-bond donors (Lipinski definition) is 3. The molecule has 1 aromatic heterocycles. The summed E-state index contributed by atoms with van der Waals surface area (Å²) in [5, 5.41) is 12.1. The highest BCUT2D eigenvalue weighted by Crippen LogP contribution is 2.14. The zero-order valence-electron chi connectivity index (χ0n) is 11.5. The SMILES string of the molecule is Cc1[nH]ccc1C(=O)NCCN1CCC[C@@H](CO)C1. The Hall–Kier alpha value is -1.33. The molecule has 19 heavy (non-hydrogen) atoms. The first-order valence-corrected chi connectivity index (χ1v) is 6.96. The van der Waals surface area contributed by atoms with Gasteiger partial charge in [0.05, 0.1) is 5.56 Å². The minimum Gasteiger partial charge on any atom is -0.396 e. The monoisotopic (exact) mass is 265 g/mol. The summed E-state index contributed by atoms with van der Waals surface area (Å²) in [6.07, 6.45) is 4.03. The summed E-state index contributed by atoms with van der Waals surface area (Å²) in [5.74, 6) is 0.380. The van der Waals surface area contributed by atoms with Crippen molar-refractivity contribution in [3.8, 4) is 0 Å². The number of aromatic amines is 1. The average molecular weight is 265 g/mol. The zero-order valence-corrected chi connectivity index (χ0v) is 11.5. The van der Waals surface area contributed by atoms with Crippen LogP contribution in [0.15, 0.2) is 12.3 Å². The third-order valence-corrected chi connectivity index (χ3v) is 3.77. The summed E-state index contributed by atoms with van der Waals surface area (Å²) in [7, 11) is 0. The van der Waals surface area contributed by atoms with Crippen molar-refractivity contribution in [2.75, 3.05) is 32.8 Å². The van der Waals surface area contributed by atoms with Gasteiger partial charge in [-0.3, -0.25) is 4.79 Å². The highest BCUT2D eigenvalue weighted by molar-refractivity contribution is 5.95. The summed E-state index contributed by atoms with van der Waals surface area (Å²) >= 11 is 0. The summed E-state index contributed by atoms with van der Waals surface area (Å²) in [6, 6.07) is 1.80. The van der Waals surface area contributed by atoms with Gasteiger partial charge in [0.2, 0.25) is 0 Å². The van der Waals surface area contributed by atoms with Crippen LogP contribution in [0.3, 0.4) is 0 Å². The van der Waals surface area contributed by atoms with Gasteiger partial charge in [-0.15, -0.1) is 0 Å². The lowest BCUT2D eigenvalue weighted by atomic mass is 9.99. The molecule has 0 aliphatic carbocycles. The molecule has 0 bridgehead atoms. The van der Waals surface area contributed by atoms with Gasteiger partial charge in [-0.05, 0) is 38.3 Å². The van der Waals surface area contributed by atoms with Crippen LogP contribution in [0, 0.1) is 12.8 Å². The molecule has 3 N–H and O–H groups in total. The summed E-state index contributed by atoms with van der Waals surface area (Å²) < 4.78 is 0. The predicted octanol–water partition coefficient (Wildman–Crippen LogP) is 0.757. The van der Waals surface area contributed by atoms with Crippen molar-refractivity contribution in [1.29, 1.82) is 0 Å². The lowest BCUT2D eigenvalue weighted by Crippen LogP contribution is -2.41. The van der Waals surface area contributed by atoms with Gasteiger partial charge in [0.25, 0.3) is 5.91 Å². The van der Waals surface area contributed by atoms with Gasteiger partial charge in [0.15, 0.2) is 0 Å². The first-order valence-electron chi connectivity index (χ1n) is 6.96. The van der Waals surface area contributed by atoms with E-state index in [1.165, 1.54) is 0 Å². The Morgan fingerprint density at radius 1 is 1.63 bits per heavy atom. The van der Waals surface area contributed by atoms with Crippen LogP contribution >= 0.6 is 0 Å². The number of hydrogen-bond acceptors (Lipinski definition) is 3. The van der Waals surface area contributed by atoms with E-state index in [4.69, 9.17) is 0 Å². The first kappa shape index (κ1) is 14.1. The van der Waals surface area contributed by atoms with E-state index < -0.39 is 0 Å². The van der Waals surface area contributed by atoms with Crippen molar-refractivity contribution >= 4 is 5.91 Å². The van der Waals surface area contributed by atoms with E-state index in [0.717, 1.165) is 38.2 Å². The number of H-pyrrole nitrogens is 1. The first-order chi connectivity index (χ1) is 9.20. The Balaban J connectivity index is 1.72. The van der Waals surface area contributed by atoms with Gasteiger partial charge in [-0.25, -0.2) is 0 Å². The number of carbonyl (C=O) groups is 1. The Labute approximate surface area is 114 Å². The molecule has 0 radical (unpaired) electrons. The molecule has 1 atom stereocenters. The van der Waals surface area contributed by atoms with E-state index in [1.54, 1.807) is 12.3 Å². The molecule has 5 heteroatoms. The van der Waals surface area contributed by atoms with E-state index in [2.05, 4.69) is 15.2 Å². The van der Waals surface area contributed by atoms with Crippen molar-refractivity contribution < 1.29 is 9.90 Å². The maximum absolute atomic E-state index is 11.9. The second-order valence-electron chi connectivity index (χ2n) is 5.26. The van der Waals surface area contributed by atoms with Crippen molar-refractivity contribution in [1.82, 2.24) is 15.2 Å². The van der Waals surface area contributed by atoms with Gasteiger partial charge in [0, 0.05) is 38.1 Å². The highest BCUT2D eigenvalue weighted by atomic mass is 16.3. The molecule has 0 aromatic carbocycles. The number of piperidine rings is 1. The maximum Gasteiger partial charge on any atom is 0.253 e. The van der Waals surface area contributed by atoms with Gasteiger partial charge >= 0.3 is 0 Å². The summed E-state index contributed by atoms with van der Waals surface area (Å²) in [4.78, 5) is 17.2. The topological polar surface area (TPSA) is 68.4 Å². The molecule has 1 saturated heterocycles. The maximum atomic E-state index is 11.9. The molecule has 1 amide bonds. The fraction of sp³-hybridized carbons (Fsp3) is 0.643. The number of aliphatic hydroxyl groups is 1. The normalized spacial score (nSPS) is 20.4. The molecule has 0 unspecified atom stereocenters. The molecule has 1 aromatic rings. The van der Waals surface area contributed by atoms with E-state index in [0.29, 0.717) is 18.0 Å². The third-order valence-electron chi connectivity index (χ3n) is 3.77. The number of nitrogens with one attached hydrogen (secondary N) is 2. The summed E-state index contributed by atoms with van der Waals surface area (Å²) in [6.45, 7) is 5.68. The van der Waals surface area contributed by atoms with E-state index in [9.17, 15) is 9.90 Å². The van der Waals surface area contributed by atoms with Crippen LogP contribution in [-0.2, 0) is 0 Å². The molecule has 5 nitrogen and oxygen atoms in total. The van der Waals surface area contributed by atoms with Crippen LogP contribution in [0.2, 0.25) is 0 Å². The number of aromatic nitrogens is 1. The molecular weight excluding hydrogens is 242 g/mol. The molecule has 1 fully saturated rings. The van der Waals surface area contributed by atoms with Crippen molar-refractivity contribution in [2.24, 2.45) is 5.92 Å². The average Bonchev–Trinajstić information content (AvgIpc) is 2.85. The van der Waals surface area contributed by atoms with Crippen molar-refractivity contribution in [3.05, 3.63) is 23.5 Å².